The minimum Gasteiger partial charge on any atom is -0.507 e. The number of fused-ring (bicyclic) bond motifs is 3. The quantitative estimate of drug-likeness (QED) is 0.239. The van der Waals surface area contributed by atoms with Crippen LogP contribution in [0, 0.1) is 13.8 Å². The van der Waals surface area contributed by atoms with Crippen LogP contribution in [-0.2, 0) is 26.2 Å². The molecule has 12 heteroatoms. The molecule has 2 aliphatic rings. The molecule has 1 aliphatic carbocycles. The molecule has 1 aliphatic heterocycles. The van der Waals surface area contributed by atoms with Gasteiger partial charge in [-0.2, -0.15) is 4.98 Å². The summed E-state index contributed by atoms with van der Waals surface area (Å²) in [7, 11) is 0. The lowest BCUT2D eigenvalue weighted by atomic mass is 9.70. The molecule has 194 valence electrons. The molecule has 0 radical (unpaired) electrons. The van der Waals surface area contributed by atoms with Crippen LogP contribution in [-0.4, -0.2) is 56.7 Å². The lowest BCUT2D eigenvalue weighted by Crippen LogP contribution is -2.42. The van der Waals surface area contributed by atoms with Gasteiger partial charge < -0.3 is 30.1 Å². The molecule has 1 amide bonds. The summed E-state index contributed by atoms with van der Waals surface area (Å²) in [6.45, 7) is 7.30. The van der Waals surface area contributed by atoms with Crippen molar-refractivity contribution in [2.24, 2.45) is 0 Å². The number of rotatable bonds is 7. The number of aromatic hydroxyl groups is 2. The number of phenols is 2. The molecular weight excluding hydrogens is 484 g/mol. The summed E-state index contributed by atoms with van der Waals surface area (Å²) in [4.78, 5) is 55.2. The molecule has 0 unspecified atom stereocenters. The minimum atomic E-state index is -1.63. The summed E-state index contributed by atoms with van der Waals surface area (Å²) in [5.74, 6) is -2.48. The van der Waals surface area contributed by atoms with Crippen LogP contribution in [0.2, 0.25) is 0 Å². The number of phenolic OH excluding ortho intramolecular Hbond substituents is 2. The molecule has 4 rings (SSSR count). The van der Waals surface area contributed by atoms with Gasteiger partial charge in [-0.3, -0.25) is 19.2 Å². The zero-order chi connectivity index (χ0) is 27.2. The lowest BCUT2D eigenvalue weighted by molar-refractivity contribution is -0.124. The Kier molecular flexibility index (Phi) is 6.36. The van der Waals surface area contributed by atoms with Gasteiger partial charge in [-0.1, -0.05) is 5.16 Å². The number of benzene rings is 1. The van der Waals surface area contributed by atoms with Crippen LogP contribution in [0.1, 0.15) is 54.0 Å². The van der Waals surface area contributed by atoms with Crippen LogP contribution in [0.3, 0.4) is 0 Å². The fourth-order valence-corrected chi connectivity index (χ4v) is 4.48. The van der Waals surface area contributed by atoms with Gasteiger partial charge in [0.25, 0.3) is 0 Å². The van der Waals surface area contributed by atoms with Gasteiger partial charge in [0.1, 0.15) is 34.0 Å². The number of nitrogens with one attached hydrogen (secondary N) is 2. The highest BCUT2D eigenvalue weighted by Crippen LogP contribution is 2.57. The number of allylic oxidation sites excluding steroid dienone is 4. The number of hydrogen-bond donors (Lipinski definition) is 4. The van der Waals surface area contributed by atoms with E-state index in [1.807, 2.05) is 0 Å². The first-order chi connectivity index (χ1) is 17.4. The van der Waals surface area contributed by atoms with E-state index in [9.17, 15) is 29.4 Å². The number of Topliss-reactive ketones (excluding diaryl/α,β-unsaturated/α-hetero) is 2. The maximum atomic E-state index is 13.7. The number of carbonyl (C=O) groups is 4. The van der Waals surface area contributed by atoms with Gasteiger partial charge in [0.2, 0.25) is 11.8 Å². The largest absolute Gasteiger partial charge is 0.507 e. The number of amides is 1. The van der Waals surface area contributed by atoms with Gasteiger partial charge in [0.05, 0.1) is 17.7 Å². The number of ketones is 3. The van der Waals surface area contributed by atoms with E-state index < -0.39 is 40.2 Å². The smallest absolute Gasteiger partial charge is 0.239 e. The minimum absolute atomic E-state index is 0.00365. The maximum Gasteiger partial charge on any atom is 0.239 e. The van der Waals surface area contributed by atoms with Gasteiger partial charge in [0, 0.05) is 30.3 Å². The number of carbonyl (C=O) groups excluding carboxylic acids is 4. The van der Waals surface area contributed by atoms with E-state index >= 15 is 0 Å². The topological polar surface area (TPSA) is 181 Å². The first-order valence-electron chi connectivity index (χ1n) is 11.5. The zero-order valence-corrected chi connectivity index (χ0v) is 20.9. The predicted molar refractivity (Wildman–Crippen MR) is 127 cm³/mol. The maximum absolute atomic E-state index is 13.7. The number of aromatic nitrogens is 2. The van der Waals surface area contributed by atoms with E-state index in [-0.39, 0.29) is 52.6 Å². The van der Waals surface area contributed by atoms with Crippen molar-refractivity contribution >= 4 is 23.3 Å². The number of nitrogens with zero attached hydrogens (tertiary/aromatic N) is 2. The van der Waals surface area contributed by atoms with Crippen LogP contribution < -0.4 is 15.4 Å². The molecule has 0 fully saturated rings. The molecule has 37 heavy (non-hydrogen) atoms. The average molecular weight is 511 g/mol. The Morgan fingerprint density at radius 2 is 1.81 bits per heavy atom. The number of ether oxygens (including phenoxy) is 1. The molecule has 12 nitrogen and oxygen atoms in total. The Balaban J connectivity index is 1.58. The second-order valence-corrected chi connectivity index (χ2v) is 9.08. The Morgan fingerprint density at radius 1 is 1.11 bits per heavy atom. The zero-order valence-electron chi connectivity index (χ0n) is 20.9. The van der Waals surface area contributed by atoms with Gasteiger partial charge in [-0.25, -0.2) is 0 Å². The Bertz CT molecular complexity index is 1430. The summed E-state index contributed by atoms with van der Waals surface area (Å²) < 4.78 is 10.7. The van der Waals surface area contributed by atoms with Crippen LogP contribution >= 0.6 is 0 Å². The fourth-order valence-electron chi connectivity index (χ4n) is 4.48. The Morgan fingerprint density at radius 3 is 2.43 bits per heavy atom. The van der Waals surface area contributed by atoms with Crippen LogP contribution in [0.5, 0.6) is 17.2 Å². The highest BCUT2D eigenvalue weighted by Gasteiger charge is 2.56. The fraction of sp³-hybridized carbons (Fsp3) is 0.360. The second kappa shape index (κ2) is 9.19. The molecule has 1 aromatic carbocycles. The summed E-state index contributed by atoms with van der Waals surface area (Å²) in [5.41, 5.74) is -1.87. The molecular formula is C25H26N4O8. The van der Waals surface area contributed by atoms with E-state index in [0.29, 0.717) is 18.1 Å². The summed E-state index contributed by atoms with van der Waals surface area (Å²) in [6.07, 6.45) is 1.46. The summed E-state index contributed by atoms with van der Waals surface area (Å²) in [5, 5.41) is 30.4. The summed E-state index contributed by atoms with van der Waals surface area (Å²) >= 11 is 0. The highest BCUT2D eigenvalue weighted by molar-refractivity contribution is 6.31. The average Bonchev–Trinajstić information content (AvgIpc) is 3.37. The predicted octanol–water partition coefficient (Wildman–Crippen LogP) is 1.21. The molecule has 1 aromatic heterocycles. The number of hydrogen-bond acceptors (Lipinski definition) is 11. The Labute approximate surface area is 211 Å². The molecule has 4 N–H and O–H groups in total. The van der Waals surface area contributed by atoms with E-state index in [4.69, 9.17) is 9.26 Å². The van der Waals surface area contributed by atoms with Gasteiger partial charge >= 0.3 is 0 Å². The van der Waals surface area contributed by atoms with Crippen LogP contribution in [0.25, 0.3) is 0 Å². The molecule has 2 aromatic rings. The number of aryl methyl sites for hydroxylation is 1. The first-order valence-corrected chi connectivity index (χ1v) is 11.5. The van der Waals surface area contributed by atoms with Crippen molar-refractivity contribution in [3.63, 3.8) is 0 Å². The van der Waals surface area contributed by atoms with Crippen molar-refractivity contribution in [1.29, 1.82) is 0 Å². The SMILES string of the molecule is CC(=O)c1c(O)c(C)c(O)c2c1OC1=CC(=O)/C(=C(/C)NCC(=O)NCCc3nc(C)no3)C(=O)[C@@]12C. The third kappa shape index (κ3) is 4.13. The molecule has 0 saturated carbocycles. The van der Waals surface area contributed by atoms with Crippen molar-refractivity contribution in [1.82, 2.24) is 20.8 Å². The normalized spacial score (nSPS) is 19.5. The Hall–Kier alpha value is -4.48. The molecule has 0 bridgehead atoms. The van der Waals surface area contributed by atoms with Gasteiger partial charge in [-0.15, -0.1) is 0 Å². The summed E-state index contributed by atoms with van der Waals surface area (Å²) in [6, 6.07) is 0. The molecule has 2 heterocycles. The standard InChI is InChI=1S/C25H26N4O8/c1-10-21(33)19(12(3)30)23-20(22(10)34)25(5)15(36-23)8-14(31)18(24(25)35)11(2)27-9-16(32)26-7-6-17-28-13(4)29-37-17/h8,27,33-34H,6-7,9H2,1-5H3,(H,26,32)/b18-11+/t25-/m0/s1. The molecule has 1 atom stereocenters. The third-order valence-electron chi connectivity index (χ3n) is 6.50. The monoisotopic (exact) mass is 510 g/mol. The van der Waals surface area contributed by atoms with Crippen molar-refractivity contribution in [3.05, 3.63) is 51.5 Å². The van der Waals surface area contributed by atoms with Crippen molar-refractivity contribution in [3.8, 4) is 17.2 Å². The molecule has 0 saturated heterocycles. The lowest BCUT2D eigenvalue weighted by Gasteiger charge is -2.29. The van der Waals surface area contributed by atoms with E-state index in [0.717, 1.165) is 6.08 Å². The van der Waals surface area contributed by atoms with E-state index in [1.165, 1.54) is 27.7 Å². The molecule has 0 spiro atoms. The highest BCUT2D eigenvalue weighted by atomic mass is 16.5. The van der Waals surface area contributed by atoms with Crippen molar-refractivity contribution < 1.29 is 38.7 Å². The van der Waals surface area contributed by atoms with E-state index in [1.54, 1.807) is 6.92 Å². The first kappa shape index (κ1) is 25.6. The van der Waals surface area contributed by atoms with Crippen molar-refractivity contribution in [2.45, 2.75) is 46.5 Å². The van der Waals surface area contributed by atoms with Crippen LogP contribution in [0.4, 0.5) is 0 Å². The van der Waals surface area contributed by atoms with E-state index in [2.05, 4.69) is 20.8 Å². The van der Waals surface area contributed by atoms with Gasteiger partial charge in [0.15, 0.2) is 23.2 Å². The van der Waals surface area contributed by atoms with Crippen LogP contribution in [0.15, 0.2) is 27.6 Å². The third-order valence-corrected chi connectivity index (χ3v) is 6.50. The van der Waals surface area contributed by atoms with Crippen molar-refractivity contribution in [2.75, 3.05) is 13.1 Å². The van der Waals surface area contributed by atoms with Gasteiger partial charge in [-0.05, 0) is 34.6 Å². The second-order valence-electron chi connectivity index (χ2n) is 9.08.